The van der Waals surface area contributed by atoms with Crippen LogP contribution in [0.2, 0.25) is 0 Å². The number of aromatic nitrogens is 4. The molecule has 0 saturated carbocycles. The van der Waals surface area contributed by atoms with Crippen molar-refractivity contribution in [2.45, 2.75) is 25.4 Å². The van der Waals surface area contributed by atoms with E-state index in [1.165, 1.54) is 0 Å². The zero-order valence-corrected chi connectivity index (χ0v) is 21.4. The second-order valence-corrected chi connectivity index (χ2v) is 9.45. The van der Waals surface area contributed by atoms with Gasteiger partial charge in [0, 0.05) is 17.7 Å². The summed E-state index contributed by atoms with van der Waals surface area (Å²) in [5, 5.41) is 15.8. The highest BCUT2D eigenvalue weighted by atomic mass is 16.7. The second-order valence-electron chi connectivity index (χ2n) is 9.45. The highest BCUT2D eigenvalue weighted by Crippen LogP contribution is 2.50. The van der Waals surface area contributed by atoms with Crippen LogP contribution in [0.5, 0.6) is 17.2 Å². The van der Waals surface area contributed by atoms with E-state index >= 15 is 0 Å². The molecule has 38 heavy (non-hydrogen) atoms. The van der Waals surface area contributed by atoms with Gasteiger partial charge in [-0.2, -0.15) is 4.68 Å². The zero-order valence-electron chi connectivity index (χ0n) is 21.4. The van der Waals surface area contributed by atoms with Crippen molar-refractivity contribution in [2.75, 3.05) is 27.5 Å². The van der Waals surface area contributed by atoms with Crippen LogP contribution in [0.4, 0.5) is 0 Å². The molecular weight excluding hydrogens is 484 g/mol. The van der Waals surface area contributed by atoms with Crippen LogP contribution in [0.15, 0.2) is 60.7 Å². The Morgan fingerprint density at radius 3 is 2.79 bits per heavy atom. The fraction of sp³-hybridized carbons (Fsp3) is 0.286. The Hall–Kier alpha value is -4.44. The molecule has 2 aliphatic heterocycles. The fourth-order valence-corrected chi connectivity index (χ4v) is 5.19. The molecule has 3 aromatic carbocycles. The van der Waals surface area contributed by atoms with Gasteiger partial charge in [-0.25, -0.2) is 0 Å². The summed E-state index contributed by atoms with van der Waals surface area (Å²) in [6, 6.07) is 18.8. The first-order valence-corrected chi connectivity index (χ1v) is 12.5. The number of rotatable bonds is 6. The summed E-state index contributed by atoms with van der Waals surface area (Å²) in [4.78, 5) is 15.3. The van der Waals surface area contributed by atoms with Crippen LogP contribution in [0.3, 0.4) is 0 Å². The fourth-order valence-electron chi connectivity index (χ4n) is 5.19. The van der Waals surface area contributed by atoms with E-state index in [1.807, 2.05) is 62.5 Å². The van der Waals surface area contributed by atoms with Crippen molar-refractivity contribution in [2.24, 2.45) is 0 Å². The number of carbonyl (C=O) groups excluding carboxylic acids is 1. The second kappa shape index (κ2) is 9.79. The summed E-state index contributed by atoms with van der Waals surface area (Å²) in [6.07, 6.45) is 0.826. The number of amides is 1. The maximum Gasteiger partial charge on any atom is 0.251 e. The van der Waals surface area contributed by atoms with E-state index in [1.54, 1.807) is 23.9 Å². The quantitative estimate of drug-likeness (QED) is 0.419. The van der Waals surface area contributed by atoms with E-state index in [0.29, 0.717) is 34.3 Å². The predicted molar refractivity (Wildman–Crippen MR) is 139 cm³/mol. The molecule has 0 aliphatic carbocycles. The molecule has 2 atom stereocenters. The van der Waals surface area contributed by atoms with E-state index in [2.05, 4.69) is 25.7 Å². The maximum absolute atomic E-state index is 13.1. The van der Waals surface area contributed by atoms with Gasteiger partial charge in [-0.15, -0.1) is 5.10 Å². The Morgan fingerprint density at radius 2 is 1.97 bits per heavy atom. The minimum Gasteiger partial charge on any atom is -0.492 e. The predicted octanol–water partition coefficient (Wildman–Crippen LogP) is 3.47. The molecule has 1 N–H and O–H groups in total. The number of methoxy groups -OCH3 is 1. The van der Waals surface area contributed by atoms with Gasteiger partial charge in [0.1, 0.15) is 6.04 Å². The number of likely N-dealkylation sites (N-methyl/N-ethyl adjacent to an activating group) is 1. The third-order valence-electron chi connectivity index (χ3n) is 7.13. The molecule has 3 heterocycles. The van der Waals surface area contributed by atoms with Crippen LogP contribution in [0, 0.1) is 0 Å². The number of hydrogen-bond donors (Lipinski definition) is 1. The van der Waals surface area contributed by atoms with Gasteiger partial charge in [0.2, 0.25) is 12.5 Å². The van der Waals surface area contributed by atoms with Crippen LogP contribution in [-0.2, 0) is 6.42 Å². The van der Waals surface area contributed by atoms with Crippen LogP contribution in [0.1, 0.15) is 51.9 Å². The zero-order chi connectivity index (χ0) is 26.2. The van der Waals surface area contributed by atoms with Crippen molar-refractivity contribution in [1.29, 1.82) is 0 Å². The van der Waals surface area contributed by atoms with Crippen LogP contribution < -0.4 is 19.5 Å². The first-order chi connectivity index (χ1) is 18.5. The Labute approximate surface area is 220 Å². The SMILES string of the molecule is COc1c2c(cc3c1[C@@H](c1nnnn1-c1cccc(C(=O)N[C@H](C)c4ccccc4)c1)N(C)CC3)OCO2. The number of carbonyl (C=O) groups is 1. The summed E-state index contributed by atoms with van der Waals surface area (Å²) in [7, 11) is 3.66. The molecule has 1 amide bonds. The van der Waals surface area contributed by atoms with Crippen LogP contribution in [-0.4, -0.2) is 58.5 Å². The third kappa shape index (κ3) is 4.12. The van der Waals surface area contributed by atoms with E-state index in [9.17, 15) is 4.79 Å². The monoisotopic (exact) mass is 512 g/mol. The smallest absolute Gasteiger partial charge is 0.251 e. The molecule has 6 rings (SSSR count). The van der Waals surface area contributed by atoms with E-state index in [0.717, 1.165) is 29.7 Å². The summed E-state index contributed by atoms with van der Waals surface area (Å²) in [6.45, 7) is 2.92. The van der Waals surface area contributed by atoms with Gasteiger partial charge in [-0.05, 0) is 66.2 Å². The Balaban J connectivity index is 1.35. The van der Waals surface area contributed by atoms with Crippen molar-refractivity contribution < 1.29 is 19.0 Å². The minimum absolute atomic E-state index is 0.135. The summed E-state index contributed by atoms with van der Waals surface area (Å²) in [5.41, 5.74) is 4.29. The number of nitrogens with zero attached hydrogens (tertiary/aromatic N) is 5. The average molecular weight is 513 g/mol. The number of tetrazole rings is 1. The number of fused-ring (bicyclic) bond motifs is 2. The molecule has 0 fully saturated rings. The molecule has 10 heteroatoms. The number of nitrogens with one attached hydrogen (secondary N) is 1. The Kier molecular flexibility index (Phi) is 6.16. The normalized spacial score (nSPS) is 17.1. The van der Waals surface area contributed by atoms with Gasteiger partial charge in [0.25, 0.3) is 5.91 Å². The summed E-state index contributed by atoms with van der Waals surface area (Å²) in [5.74, 6) is 2.35. The van der Waals surface area contributed by atoms with E-state index in [4.69, 9.17) is 14.2 Å². The molecule has 0 bridgehead atoms. The lowest BCUT2D eigenvalue weighted by Gasteiger charge is -2.34. The van der Waals surface area contributed by atoms with Gasteiger partial charge in [-0.3, -0.25) is 9.69 Å². The first kappa shape index (κ1) is 23.9. The van der Waals surface area contributed by atoms with Crippen molar-refractivity contribution in [3.05, 3.63) is 88.7 Å². The van der Waals surface area contributed by atoms with Crippen molar-refractivity contribution in [3.8, 4) is 22.9 Å². The van der Waals surface area contributed by atoms with Gasteiger partial charge in [0.05, 0.1) is 18.8 Å². The van der Waals surface area contributed by atoms with Crippen molar-refractivity contribution in [1.82, 2.24) is 30.4 Å². The number of ether oxygens (including phenoxy) is 3. The summed E-state index contributed by atoms with van der Waals surface area (Å²) >= 11 is 0. The average Bonchev–Trinajstić information content (AvgIpc) is 3.62. The highest BCUT2D eigenvalue weighted by Gasteiger charge is 2.37. The molecular formula is C28H28N6O4. The Morgan fingerprint density at radius 1 is 1.13 bits per heavy atom. The molecule has 1 aromatic heterocycles. The molecule has 0 unspecified atom stereocenters. The lowest BCUT2D eigenvalue weighted by Crippen LogP contribution is -2.35. The van der Waals surface area contributed by atoms with Crippen LogP contribution in [0.25, 0.3) is 5.69 Å². The van der Waals surface area contributed by atoms with E-state index in [-0.39, 0.29) is 24.8 Å². The topological polar surface area (TPSA) is 104 Å². The van der Waals surface area contributed by atoms with Crippen molar-refractivity contribution >= 4 is 5.91 Å². The lowest BCUT2D eigenvalue weighted by molar-refractivity contribution is 0.0940. The van der Waals surface area contributed by atoms with Gasteiger partial charge in [0.15, 0.2) is 17.3 Å². The third-order valence-corrected chi connectivity index (χ3v) is 7.13. The van der Waals surface area contributed by atoms with Gasteiger partial charge in [-0.1, -0.05) is 36.4 Å². The molecule has 4 aromatic rings. The van der Waals surface area contributed by atoms with Crippen LogP contribution >= 0.6 is 0 Å². The maximum atomic E-state index is 13.1. The summed E-state index contributed by atoms with van der Waals surface area (Å²) < 4.78 is 18.9. The number of benzene rings is 3. The molecule has 0 spiro atoms. The minimum atomic E-state index is -0.297. The standard InChI is InChI=1S/C28H28N6O4/c1-17(18-8-5-4-6-9-18)29-28(35)20-10-7-11-21(14-20)34-27(30-31-32-34)24-23-19(12-13-33(24)2)15-22-25(26(23)36-3)38-16-37-22/h4-11,14-15,17,24H,12-13,16H2,1-3H3,(H,29,35)/t17-,24+/m1/s1. The highest BCUT2D eigenvalue weighted by molar-refractivity contribution is 5.95. The molecule has 0 radical (unpaired) electrons. The number of hydrogen-bond acceptors (Lipinski definition) is 8. The van der Waals surface area contributed by atoms with Crippen molar-refractivity contribution in [3.63, 3.8) is 0 Å². The lowest BCUT2D eigenvalue weighted by atomic mass is 9.90. The van der Waals surface area contributed by atoms with Gasteiger partial charge < -0.3 is 19.5 Å². The van der Waals surface area contributed by atoms with E-state index < -0.39 is 0 Å². The molecule has 10 nitrogen and oxygen atoms in total. The molecule has 2 aliphatic rings. The first-order valence-electron chi connectivity index (χ1n) is 12.5. The largest absolute Gasteiger partial charge is 0.492 e. The molecule has 194 valence electrons. The Bertz CT molecular complexity index is 1490. The van der Waals surface area contributed by atoms with Gasteiger partial charge >= 0.3 is 0 Å². The molecule has 0 saturated heterocycles.